The summed E-state index contributed by atoms with van der Waals surface area (Å²) in [7, 11) is 1.64. The number of methoxy groups -OCH3 is 1. The molecule has 19 heavy (non-hydrogen) atoms. The summed E-state index contributed by atoms with van der Waals surface area (Å²) < 4.78 is 5.20. The third-order valence-electron chi connectivity index (χ3n) is 3.08. The summed E-state index contributed by atoms with van der Waals surface area (Å²) >= 11 is 5.84. The van der Waals surface area contributed by atoms with Crippen LogP contribution in [0.15, 0.2) is 42.5 Å². The second-order valence-electron chi connectivity index (χ2n) is 4.30. The third kappa shape index (κ3) is 2.13. The fourth-order valence-corrected chi connectivity index (χ4v) is 2.28. The molecule has 0 fully saturated rings. The van der Waals surface area contributed by atoms with E-state index < -0.39 is 0 Å². The van der Waals surface area contributed by atoms with Crippen molar-refractivity contribution in [1.29, 1.82) is 0 Å². The molecule has 2 aromatic carbocycles. The predicted octanol–water partition coefficient (Wildman–Crippen LogP) is 4.20. The van der Waals surface area contributed by atoms with Crippen molar-refractivity contribution in [3.05, 3.63) is 47.5 Å². The zero-order valence-electron chi connectivity index (χ0n) is 10.3. The van der Waals surface area contributed by atoms with E-state index in [0.29, 0.717) is 5.02 Å². The van der Waals surface area contributed by atoms with E-state index in [9.17, 15) is 5.11 Å². The molecule has 0 spiro atoms. The molecule has 1 aromatic heterocycles. The molecule has 0 unspecified atom stereocenters. The first-order valence-corrected chi connectivity index (χ1v) is 6.21. The molecule has 0 saturated carbocycles. The van der Waals surface area contributed by atoms with E-state index in [1.165, 1.54) is 6.07 Å². The second kappa shape index (κ2) is 4.52. The highest BCUT2D eigenvalue weighted by atomic mass is 35.5. The number of aromatic amines is 1. The van der Waals surface area contributed by atoms with Gasteiger partial charge in [-0.2, -0.15) is 0 Å². The van der Waals surface area contributed by atoms with Crippen molar-refractivity contribution in [2.45, 2.75) is 0 Å². The fourth-order valence-electron chi connectivity index (χ4n) is 2.12. The van der Waals surface area contributed by atoms with Gasteiger partial charge in [0.25, 0.3) is 0 Å². The van der Waals surface area contributed by atoms with E-state index in [0.717, 1.165) is 27.9 Å². The molecule has 2 N–H and O–H groups in total. The number of phenolic OH excluding ortho intramolecular Hbond substituents is 1. The van der Waals surface area contributed by atoms with Crippen molar-refractivity contribution in [2.24, 2.45) is 0 Å². The number of hydrogen-bond acceptors (Lipinski definition) is 2. The average molecular weight is 274 g/mol. The molecule has 96 valence electrons. The molecule has 0 aliphatic carbocycles. The lowest BCUT2D eigenvalue weighted by atomic mass is 10.1. The van der Waals surface area contributed by atoms with E-state index in [1.807, 2.05) is 24.3 Å². The van der Waals surface area contributed by atoms with Crippen LogP contribution in [0.5, 0.6) is 11.5 Å². The largest absolute Gasteiger partial charge is 0.507 e. The van der Waals surface area contributed by atoms with Crippen LogP contribution in [0.3, 0.4) is 0 Å². The van der Waals surface area contributed by atoms with Gasteiger partial charge in [-0.3, -0.25) is 0 Å². The molecule has 0 radical (unpaired) electrons. The molecule has 4 heteroatoms. The van der Waals surface area contributed by atoms with Crippen molar-refractivity contribution in [3.63, 3.8) is 0 Å². The molecule has 0 bridgehead atoms. The monoisotopic (exact) mass is 273 g/mol. The summed E-state index contributed by atoms with van der Waals surface area (Å²) in [4.78, 5) is 3.26. The number of fused-ring (bicyclic) bond motifs is 1. The van der Waals surface area contributed by atoms with Crippen molar-refractivity contribution < 1.29 is 9.84 Å². The molecule has 0 aliphatic heterocycles. The van der Waals surface area contributed by atoms with Gasteiger partial charge in [-0.15, -0.1) is 0 Å². The number of hydrogen-bond donors (Lipinski definition) is 2. The normalized spacial score (nSPS) is 10.8. The lowest BCUT2D eigenvalue weighted by Crippen LogP contribution is -1.80. The number of nitrogens with one attached hydrogen (secondary N) is 1. The standard InChI is InChI=1S/C15H12ClNO2/c1-19-11-3-5-13-9(6-11)7-14(17-13)12-4-2-10(16)8-15(12)18/h2-8,17-18H,1H3. The van der Waals surface area contributed by atoms with Gasteiger partial charge in [-0.05, 0) is 42.5 Å². The Morgan fingerprint density at radius 3 is 2.68 bits per heavy atom. The SMILES string of the molecule is COc1ccc2[nH]c(-c3ccc(Cl)cc3O)cc2c1. The lowest BCUT2D eigenvalue weighted by molar-refractivity contribution is 0.415. The molecule has 0 atom stereocenters. The highest BCUT2D eigenvalue weighted by Crippen LogP contribution is 2.33. The predicted molar refractivity (Wildman–Crippen MR) is 77.0 cm³/mol. The van der Waals surface area contributed by atoms with Crippen molar-refractivity contribution >= 4 is 22.5 Å². The Kier molecular flexibility index (Phi) is 2.84. The number of halogens is 1. The van der Waals surface area contributed by atoms with Crippen LogP contribution in [-0.2, 0) is 0 Å². The molecule has 3 aromatic rings. The second-order valence-corrected chi connectivity index (χ2v) is 4.73. The number of aromatic hydroxyl groups is 1. The van der Waals surface area contributed by atoms with Crippen molar-refractivity contribution in [3.8, 4) is 22.8 Å². The number of ether oxygens (including phenoxy) is 1. The Balaban J connectivity index is 2.14. The van der Waals surface area contributed by atoms with Crippen molar-refractivity contribution in [1.82, 2.24) is 4.98 Å². The molecule has 0 aliphatic rings. The molecule has 3 nitrogen and oxygen atoms in total. The smallest absolute Gasteiger partial charge is 0.126 e. The zero-order valence-corrected chi connectivity index (χ0v) is 11.0. The van der Waals surface area contributed by atoms with Gasteiger partial charge in [-0.1, -0.05) is 11.6 Å². The Morgan fingerprint density at radius 2 is 1.95 bits per heavy atom. The van der Waals surface area contributed by atoms with Gasteiger partial charge < -0.3 is 14.8 Å². The molecule has 3 rings (SSSR count). The number of H-pyrrole nitrogens is 1. The maximum Gasteiger partial charge on any atom is 0.126 e. The number of benzene rings is 2. The van der Waals surface area contributed by atoms with Crippen molar-refractivity contribution in [2.75, 3.05) is 7.11 Å². The first-order valence-electron chi connectivity index (χ1n) is 5.83. The van der Waals surface area contributed by atoms with Gasteiger partial charge in [-0.25, -0.2) is 0 Å². The summed E-state index contributed by atoms with van der Waals surface area (Å²) in [6.07, 6.45) is 0. The van der Waals surface area contributed by atoms with E-state index in [1.54, 1.807) is 19.2 Å². The minimum absolute atomic E-state index is 0.158. The molecular weight excluding hydrogens is 262 g/mol. The molecular formula is C15H12ClNO2. The minimum Gasteiger partial charge on any atom is -0.507 e. The molecule has 0 saturated heterocycles. The number of aromatic nitrogens is 1. The van der Waals surface area contributed by atoms with Gasteiger partial charge in [0.2, 0.25) is 0 Å². The quantitative estimate of drug-likeness (QED) is 0.735. The lowest BCUT2D eigenvalue weighted by Gasteiger charge is -2.02. The fraction of sp³-hybridized carbons (Fsp3) is 0.0667. The first-order chi connectivity index (χ1) is 9.17. The van der Waals surface area contributed by atoms with Gasteiger partial charge in [0.15, 0.2) is 0 Å². The highest BCUT2D eigenvalue weighted by Gasteiger charge is 2.08. The van der Waals surface area contributed by atoms with Crippen LogP contribution >= 0.6 is 11.6 Å². The van der Waals surface area contributed by atoms with Gasteiger partial charge in [0.05, 0.1) is 12.8 Å². The average Bonchev–Trinajstić information content (AvgIpc) is 2.80. The van der Waals surface area contributed by atoms with E-state index in [4.69, 9.17) is 16.3 Å². The summed E-state index contributed by atoms with van der Waals surface area (Å²) in [5.41, 5.74) is 2.56. The Hall–Kier alpha value is -2.13. The topological polar surface area (TPSA) is 45.2 Å². The van der Waals surface area contributed by atoms with Crippen LogP contribution < -0.4 is 4.74 Å². The minimum atomic E-state index is 0.158. The zero-order chi connectivity index (χ0) is 13.4. The molecule has 0 amide bonds. The number of rotatable bonds is 2. The van der Waals surface area contributed by atoms with Gasteiger partial charge in [0.1, 0.15) is 11.5 Å². The maximum atomic E-state index is 9.94. The van der Waals surface area contributed by atoms with Crippen LogP contribution in [-0.4, -0.2) is 17.2 Å². The maximum absolute atomic E-state index is 9.94. The van der Waals surface area contributed by atoms with Gasteiger partial charge in [0, 0.05) is 21.5 Å². The third-order valence-corrected chi connectivity index (χ3v) is 3.31. The van der Waals surface area contributed by atoms with Crippen LogP contribution in [0.1, 0.15) is 0 Å². The van der Waals surface area contributed by atoms with Crippen LogP contribution in [0.2, 0.25) is 5.02 Å². The Labute approximate surface area is 115 Å². The van der Waals surface area contributed by atoms with Crippen LogP contribution in [0.4, 0.5) is 0 Å². The summed E-state index contributed by atoms with van der Waals surface area (Å²) in [6, 6.07) is 12.8. The number of phenols is 1. The highest BCUT2D eigenvalue weighted by molar-refractivity contribution is 6.30. The Morgan fingerprint density at radius 1 is 1.11 bits per heavy atom. The van der Waals surface area contributed by atoms with Crippen LogP contribution in [0, 0.1) is 0 Å². The van der Waals surface area contributed by atoms with E-state index >= 15 is 0 Å². The summed E-state index contributed by atoms with van der Waals surface area (Å²) in [6.45, 7) is 0. The Bertz CT molecular complexity index is 749. The first kappa shape index (κ1) is 11.9. The van der Waals surface area contributed by atoms with Gasteiger partial charge >= 0.3 is 0 Å². The van der Waals surface area contributed by atoms with E-state index in [-0.39, 0.29) is 5.75 Å². The summed E-state index contributed by atoms with van der Waals surface area (Å²) in [5.74, 6) is 0.962. The summed E-state index contributed by atoms with van der Waals surface area (Å²) in [5, 5.41) is 11.5. The van der Waals surface area contributed by atoms with Crippen LogP contribution in [0.25, 0.3) is 22.2 Å². The van der Waals surface area contributed by atoms with E-state index in [2.05, 4.69) is 4.98 Å². The molecule has 1 heterocycles.